The van der Waals surface area contributed by atoms with Gasteiger partial charge in [0.25, 0.3) is 0 Å². The van der Waals surface area contributed by atoms with E-state index in [4.69, 9.17) is 0 Å². The van der Waals surface area contributed by atoms with Crippen molar-refractivity contribution in [2.75, 3.05) is 0 Å². The number of rotatable bonds is 5. The van der Waals surface area contributed by atoms with Gasteiger partial charge in [-0.3, -0.25) is 0 Å². The van der Waals surface area contributed by atoms with E-state index in [9.17, 15) is 0 Å². The lowest BCUT2D eigenvalue weighted by molar-refractivity contribution is 0.0965. The standard InChI is InChI=1S/C19H36/c1-4-6-16-7-9-17(10-8-16)18-11-14-19(3,13-5-2)15-12-18/h16-18H,4-15H2,1-3H3/t16?,17?,18-,19-. The topological polar surface area (TPSA) is 0 Å². The van der Waals surface area contributed by atoms with Crippen LogP contribution in [-0.4, -0.2) is 0 Å². The van der Waals surface area contributed by atoms with Gasteiger partial charge in [0.15, 0.2) is 0 Å². The lowest BCUT2D eigenvalue weighted by atomic mass is 9.64. The predicted molar refractivity (Wildman–Crippen MR) is 85.3 cm³/mol. The summed E-state index contributed by atoms with van der Waals surface area (Å²) in [5.74, 6) is 3.27. The molecule has 2 aliphatic rings. The third-order valence-electron chi connectivity index (χ3n) is 6.35. The summed E-state index contributed by atoms with van der Waals surface area (Å²) in [6.45, 7) is 7.25. The minimum Gasteiger partial charge on any atom is -0.0654 e. The predicted octanol–water partition coefficient (Wildman–Crippen LogP) is 6.59. The van der Waals surface area contributed by atoms with Crippen LogP contribution in [-0.2, 0) is 0 Å². The van der Waals surface area contributed by atoms with Crippen molar-refractivity contribution in [1.82, 2.24) is 0 Å². The molecule has 0 nitrogen and oxygen atoms in total. The van der Waals surface area contributed by atoms with E-state index in [2.05, 4.69) is 20.8 Å². The molecule has 0 saturated heterocycles. The molecule has 0 spiro atoms. The fourth-order valence-corrected chi connectivity index (χ4v) is 5.02. The van der Waals surface area contributed by atoms with E-state index in [1.54, 1.807) is 38.5 Å². The third-order valence-corrected chi connectivity index (χ3v) is 6.35. The maximum absolute atomic E-state index is 2.55. The van der Waals surface area contributed by atoms with Crippen LogP contribution in [0.2, 0.25) is 0 Å². The van der Waals surface area contributed by atoms with Crippen LogP contribution in [0, 0.1) is 23.2 Å². The van der Waals surface area contributed by atoms with Gasteiger partial charge in [0, 0.05) is 0 Å². The Morgan fingerprint density at radius 1 is 0.789 bits per heavy atom. The highest BCUT2D eigenvalue weighted by atomic mass is 14.4. The molecule has 2 aliphatic carbocycles. The van der Waals surface area contributed by atoms with E-state index in [-0.39, 0.29) is 0 Å². The summed E-state index contributed by atoms with van der Waals surface area (Å²) in [7, 11) is 0. The maximum Gasteiger partial charge on any atom is -0.0326 e. The van der Waals surface area contributed by atoms with E-state index in [0.717, 1.165) is 17.8 Å². The minimum absolute atomic E-state index is 0.699. The smallest absolute Gasteiger partial charge is 0.0326 e. The molecule has 19 heavy (non-hydrogen) atoms. The molecule has 0 aromatic heterocycles. The van der Waals surface area contributed by atoms with Crippen molar-refractivity contribution in [3.05, 3.63) is 0 Å². The fraction of sp³-hybridized carbons (Fsp3) is 1.00. The van der Waals surface area contributed by atoms with Crippen molar-refractivity contribution in [2.45, 2.75) is 97.8 Å². The van der Waals surface area contributed by atoms with Gasteiger partial charge in [-0.1, -0.05) is 52.9 Å². The summed E-state index contributed by atoms with van der Waals surface area (Å²) >= 11 is 0. The summed E-state index contributed by atoms with van der Waals surface area (Å²) in [4.78, 5) is 0. The third kappa shape index (κ3) is 4.23. The molecule has 0 N–H and O–H groups in total. The second kappa shape index (κ2) is 7.14. The maximum atomic E-state index is 2.55. The molecule has 2 rings (SSSR count). The lowest BCUT2D eigenvalue weighted by Gasteiger charge is -2.42. The van der Waals surface area contributed by atoms with Gasteiger partial charge < -0.3 is 0 Å². The zero-order valence-electron chi connectivity index (χ0n) is 13.7. The normalized spacial score (nSPS) is 40.3. The quantitative estimate of drug-likeness (QED) is 0.525. The highest BCUT2D eigenvalue weighted by Gasteiger charge is 2.34. The lowest BCUT2D eigenvalue weighted by Crippen LogP contribution is -2.30. The van der Waals surface area contributed by atoms with E-state index in [1.807, 2.05) is 0 Å². The Labute approximate surface area is 121 Å². The molecule has 0 heterocycles. The van der Waals surface area contributed by atoms with E-state index in [0.29, 0.717) is 5.41 Å². The Morgan fingerprint density at radius 3 is 1.89 bits per heavy atom. The first-order chi connectivity index (χ1) is 9.17. The van der Waals surface area contributed by atoms with Gasteiger partial charge in [-0.15, -0.1) is 0 Å². The van der Waals surface area contributed by atoms with Crippen LogP contribution in [0.25, 0.3) is 0 Å². The van der Waals surface area contributed by atoms with E-state index >= 15 is 0 Å². The molecular formula is C19H36. The van der Waals surface area contributed by atoms with Crippen molar-refractivity contribution >= 4 is 0 Å². The van der Waals surface area contributed by atoms with Gasteiger partial charge in [0.2, 0.25) is 0 Å². The van der Waals surface area contributed by atoms with Crippen molar-refractivity contribution in [2.24, 2.45) is 23.2 Å². The van der Waals surface area contributed by atoms with Gasteiger partial charge in [0.05, 0.1) is 0 Å². The molecule has 112 valence electrons. The first-order valence-electron chi connectivity index (χ1n) is 9.17. The Bertz CT molecular complexity index is 239. The first kappa shape index (κ1) is 15.4. The van der Waals surface area contributed by atoms with Crippen molar-refractivity contribution in [1.29, 1.82) is 0 Å². The molecule has 0 aliphatic heterocycles. The fourth-order valence-electron chi connectivity index (χ4n) is 5.02. The van der Waals surface area contributed by atoms with Crippen LogP contribution in [0.15, 0.2) is 0 Å². The van der Waals surface area contributed by atoms with Crippen LogP contribution in [0.4, 0.5) is 0 Å². The van der Waals surface area contributed by atoms with Gasteiger partial charge in [-0.2, -0.15) is 0 Å². The molecule has 2 saturated carbocycles. The van der Waals surface area contributed by atoms with E-state index in [1.165, 1.54) is 38.5 Å². The molecule has 0 aromatic carbocycles. The molecular weight excluding hydrogens is 228 g/mol. The van der Waals surface area contributed by atoms with Crippen LogP contribution in [0.3, 0.4) is 0 Å². The van der Waals surface area contributed by atoms with Crippen LogP contribution >= 0.6 is 0 Å². The van der Waals surface area contributed by atoms with Crippen LogP contribution in [0.1, 0.15) is 97.8 Å². The average Bonchev–Trinajstić information content (AvgIpc) is 2.41. The van der Waals surface area contributed by atoms with E-state index < -0.39 is 0 Å². The van der Waals surface area contributed by atoms with Crippen LogP contribution < -0.4 is 0 Å². The van der Waals surface area contributed by atoms with Gasteiger partial charge in [0.1, 0.15) is 0 Å². The second-order valence-electron chi connectivity index (χ2n) is 7.97. The SMILES string of the molecule is CCCC1CCC([C@H]2CC[C@](C)(CCC)CC2)CC1. The Hall–Kier alpha value is 0. The summed E-state index contributed by atoms with van der Waals surface area (Å²) in [6.07, 6.45) is 18.0. The average molecular weight is 264 g/mol. The second-order valence-corrected chi connectivity index (χ2v) is 7.97. The molecule has 0 aromatic rings. The van der Waals surface area contributed by atoms with Gasteiger partial charge >= 0.3 is 0 Å². The molecule has 0 unspecified atom stereocenters. The molecule has 0 heteroatoms. The number of hydrogen-bond donors (Lipinski definition) is 0. The molecule has 0 bridgehead atoms. The Balaban J connectivity index is 1.73. The minimum atomic E-state index is 0.699. The van der Waals surface area contributed by atoms with Gasteiger partial charge in [-0.05, 0) is 68.1 Å². The highest BCUT2D eigenvalue weighted by Crippen LogP contribution is 2.47. The Kier molecular flexibility index (Phi) is 5.78. The molecule has 0 radical (unpaired) electrons. The Morgan fingerprint density at radius 2 is 1.37 bits per heavy atom. The number of hydrogen-bond acceptors (Lipinski definition) is 0. The van der Waals surface area contributed by atoms with Gasteiger partial charge in [-0.25, -0.2) is 0 Å². The molecule has 2 fully saturated rings. The van der Waals surface area contributed by atoms with Crippen molar-refractivity contribution in [3.8, 4) is 0 Å². The zero-order chi connectivity index (χ0) is 13.7. The summed E-state index contributed by atoms with van der Waals surface area (Å²) in [5, 5.41) is 0. The first-order valence-corrected chi connectivity index (χ1v) is 9.17. The molecule has 0 amide bonds. The largest absolute Gasteiger partial charge is 0.0654 e. The monoisotopic (exact) mass is 264 g/mol. The van der Waals surface area contributed by atoms with Crippen molar-refractivity contribution < 1.29 is 0 Å². The summed E-state index contributed by atoms with van der Waals surface area (Å²) < 4.78 is 0. The zero-order valence-corrected chi connectivity index (χ0v) is 13.7. The summed E-state index contributed by atoms with van der Waals surface area (Å²) in [6, 6.07) is 0. The highest BCUT2D eigenvalue weighted by molar-refractivity contribution is 4.86. The molecule has 0 atom stereocenters. The summed E-state index contributed by atoms with van der Waals surface area (Å²) in [5.41, 5.74) is 0.699. The van der Waals surface area contributed by atoms with Crippen molar-refractivity contribution in [3.63, 3.8) is 0 Å². The van der Waals surface area contributed by atoms with Crippen LogP contribution in [0.5, 0.6) is 0 Å².